The van der Waals surface area contributed by atoms with Gasteiger partial charge in [-0.05, 0) is 55.9 Å². The summed E-state index contributed by atoms with van der Waals surface area (Å²) in [5, 5.41) is 0.513. The Bertz CT molecular complexity index is 1240. The molecule has 3 rings (SSSR count). The van der Waals surface area contributed by atoms with Crippen LogP contribution < -0.4 is 9.64 Å². The summed E-state index contributed by atoms with van der Waals surface area (Å²) in [6, 6.07) is 8.43. The topological polar surface area (TPSA) is 79.8 Å². The smallest absolute Gasteiger partial charge is 0.229 e. The minimum absolute atomic E-state index is 0.00302. The Kier molecular flexibility index (Phi) is 8.62. The van der Waals surface area contributed by atoms with Crippen LogP contribution in [0.4, 0.5) is 9.52 Å². The lowest BCUT2D eigenvalue weighted by Gasteiger charge is -2.24. The van der Waals surface area contributed by atoms with E-state index in [2.05, 4.69) is 18.7 Å². The molecule has 2 aromatic carbocycles. The maximum absolute atomic E-state index is 13.3. The zero-order chi connectivity index (χ0) is 24.9. The van der Waals surface area contributed by atoms with Crippen LogP contribution in [0.25, 0.3) is 10.2 Å². The Morgan fingerprint density at radius 1 is 1.09 bits per heavy atom. The molecule has 7 nitrogen and oxygen atoms in total. The lowest BCUT2D eigenvalue weighted by molar-refractivity contribution is -0.118. The van der Waals surface area contributed by atoms with Crippen LogP contribution in [0.2, 0.25) is 0 Å². The minimum Gasteiger partial charge on any atom is -0.494 e. The lowest BCUT2D eigenvalue weighted by Crippen LogP contribution is -2.39. The van der Waals surface area contributed by atoms with Gasteiger partial charge in [-0.2, -0.15) is 0 Å². The molecule has 1 heterocycles. The number of anilines is 1. The fourth-order valence-corrected chi connectivity index (χ4v) is 5.93. The van der Waals surface area contributed by atoms with Crippen LogP contribution >= 0.6 is 11.3 Å². The highest BCUT2D eigenvalue weighted by Gasteiger charge is 2.24. The van der Waals surface area contributed by atoms with E-state index >= 15 is 0 Å². The third kappa shape index (κ3) is 5.92. The van der Waals surface area contributed by atoms with Gasteiger partial charge in [-0.1, -0.05) is 31.3 Å². The molecule has 0 atom stereocenters. The summed E-state index contributed by atoms with van der Waals surface area (Å²) in [6.45, 7) is 8.77. The number of fused-ring (bicyclic) bond motifs is 1. The van der Waals surface area contributed by atoms with Gasteiger partial charge >= 0.3 is 0 Å². The van der Waals surface area contributed by atoms with Crippen molar-refractivity contribution in [3.05, 3.63) is 47.8 Å². The standard InChI is InChI=1S/C24H30FN3O4S2/c1-5-27(6-2)14-15-28(24-26-22-20(32-4)12-7-17(3)23(22)33-24)21(29)13-16-34(30,31)19-10-8-18(25)9-11-19/h7-12H,5-6,13-16H2,1-4H3. The van der Waals surface area contributed by atoms with Crippen LogP contribution in [0, 0.1) is 12.7 Å². The van der Waals surface area contributed by atoms with Crippen LogP contribution in [-0.4, -0.2) is 63.3 Å². The predicted molar refractivity (Wildman–Crippen MR) is 134 cm³/mol. The lowest BCUT2D eigenvalue weighted by atomic mass is 10.2. The molecule has 1 aromatic heterocycles. The van der Waals surface area contributed by atoms with Crippen LogP contribution in [0.1, 0.15) is 25.8 Å². The molecule has 0 saturated heterocycles. The van der Waals surface area contributed by atoms with E-state index in [1.165, 1.54) is 23.5 Å². The van der Waals surface area contributed by atoms with E-state index in [0.29, 0.717) is 29.5 Å². The number of sulfone groups is 1. The number of rotatable bonds is 11. The first-order valence-corrected chi connectivity index (χ1v) is 13.6. The molecule has 0 aliphatic rings. The highest BCUT2D eigenvalue weighted by Crippen LogP contribution is 2.36. The second kappa shape index (κ2) is 11.2. The van der Waals surface area contributed by atoms with Gasteiger partial charge in [0.25, 0.3) is 0 Å². The Morgan fingerprint density at radius 2 is 1.76 bits per heavy atom. The zero-order valence-electron chi connectivity index (χ0n) is 19.9. The summed E-state index contributed by atoms with van der Waals surface area (Å²) in [5.74, 6) is -0.585. The number of carbonyl (C=O) groups excluding carboxylic acids is 1. The molecular formula is C24H30FN3O4S2. The van der Waals surface area contributed by atoms with E-state index in [1.807, 2.05) is 19.1 Å². The zero-order valence-corrected chi connectivity index (χ0v) is 21.5. The molecule has 0 radical (unpaired) electrons. The second-order valence-electron chi connectivity index (χ2n) is 7.85. The Morgan fingerprint density at radius 3 is 2.38 bits per heavy atom. The Hall–Kier alpha value is -2.56. The van der Waals surface area contributed by atoms with Crippen molar-refractivity contribution >= 4 is 42.4 Å². The molecule has 184 valence electrons. The monoisotopic (exact) mass is 507 g/mol. The number of thiazole rings is 1. The van der Waals surface area contributed by atoms with Crippen LogP contribution in [0.15, 0.2) is 41.3 Å². The molecule has 1 amide bonds. The fourth-order valence-electron chi connectivity index (χ4n) is 3.60. The number of benzene rings is 2. The molecule has 0 spiro atoms. The third-order valence-electron chi connectivity index (χ3n) is 5.74. The van der Waals surface area contributed by atoms with Gasteiger partial charge in [-0.15, -0.1) is 0 Å². The summed E-state index contributed by atoms with van der Waals surface area (Å²) in [5.41, 5.74) is 1.71. The molecule has 0 saturated carbocycles. The molecule has 0 N–H and O–H groups in total. The quantitative estimate of drug-likeness (QED) is 0.360. The maximum atomic E-state index is 13.3. The third-order valence-corrected chi connectivity index (χ3v) is 8.68. The van der Waals surface area contributed by atoms with Crippen molar-refractivity contribution in [2.24, 2.45) is 0 Å². The number of aryl methyl sites for hydroxylation is 1. The first-order chi connectivity index (χ1) is 16.2. The van der Waals surface area contributed by atoms with E-state index in [-0.39, 0.29) is 23.0 Å². The van der Waals surface area contributed by atoms with E-state index in [4.69, 9.17) is 9.72 Å². The Balaban J connectivity index is 1.88. The van der Waals surface area contributed by atoms with E-state index < -0.39 is 15.7 Å². The number of nitrogens with zero attached hydrogens (tertiary/aromatic N) is 3. The summed E-state index contributed by atoms with van der Waals surface area (Å²) in [7, 11) is -2.16. The Labute approximate surface area is 204 Å². The molecule has 0 aliphatic carbocycles. The van der Waals surface area contributed by atoms with Crippen molar-refractivity contribution in [3.63, 3.8) is 0 Å². The van der Waals surface area contributed by atoms with Gasteiger partial charge in [-0.25, -0.2) is 17.8 Å². The second-order valence-corrected chi connectivity index (χ2v) is 10.9. The number of likely N-dealkylation sites (N-methyl/N-ethyl adjacent to an activating group) is 1. The van der Waals surface area contributed by atoms with Gasteiger partial charge in [-0.3, -0.25) is 9.69 Å². The van der Waals surface area contributed by atoms with Crippen molar-refractivity contribution in [3.8, 4) is 5.75 Å². The average molecular weight is 508 g/mol. The highest BCUT2D eigenvalue weighted by molar-refractivity contribution is 7.91. The fraction of sp³-hybridized carbons (Fsp3) is 0.417. The van der Waals surface area contributed by atoms with E-state index in [9.17, 15) is 17.6 Å². The molecular weight excluding hydrogens is 477 g/mol. The van der Waals surface area contributed by atoms with E-state index in [0.717, 1.165) is 35.5 Å². The minimum atomic E-state index is -3.73. The molecule has 0 bridgehead atoms. The van der Waals surface area contributed by atoms with Crippen LogP contribution in [0.3, 0.4) is 0 Å². The maximum Gasteiger partial charge on any atom is 0.229 e. The number of ether oxygens (including phenoxy) is 1. The predicted octanol–water partition coefficient (Wildman–Crippen LogP) is 4.29. The van der Waals surface area contributed by atoms with Crippen molar-refractivity contribution < 1.29 is 22.3 Å². The SMILES string of the molecule is CCN(CC)CCN(C(=O)CCS(=O)(=O)c1ccc(F)cc1)c1nc2c(OC)ccc(C)c2s1. The number of hydrogen-bond donors (Lipinski definition) is 0. The highest BCUT2D eigenvalue weighted by atomic mass is 32.2. The first-order valence-electron chi connectivity index (χ1n) is 11.1. The number of carbonyl (C=O) groups is 1. The van der Waals surface area contributed by atoms with Gasteiger partial charge in [0.15, 0.2) is 15.0 Å². The molecule has 0 aliphatic heterocycles. The number of amides is 1. The van der Waals surface area contributed by atoms with Gasteiger partial charge in [0, 0.05) is 19.5 Å². The largest absolute Gasteiger partial charge is 0.494 e. The van der Waals surface area contributed by atoms with E-state index in [1.54, 1.807) is 12.0 Å². The normalized spacial score (nSPS) is 11.8. The average Bonchev–Trinajstić information content (AvgIpc) is 3.27. The summed E-state index contributed by atoms with van der Waals surface area (Å²) in [6.07, 6.45) is -0.204. The number of methoxy groups -OCH3 is 1. The van der Waals surface area contributed by atoms with Crippen molar-refractivity contribution in [1.82, 2.24) is 9.88 Å². The van der Waals surface area contributed by atoms with Gasteiger partial charge < -0.3 is 9.64 Å². The summed E-state index contributed by atoms with van der Waals surface area (Å²) < 4.78 is 45.0. The number of halogens is 1. The van der Waals surface area contributed by atoms with Gasteiger partial charge in [0.1, 0.15) is 17.1 Å². The first kappa shape index (κ1) is 26.1. The van der Waals surface area contributed by atoms with Gasteiger partial charge in [0.05, 0.1) is 22.5 Å². The number of hydrogen-bond acceptors (Lipinski definition) is 7. The van der Waals surface area contributed by atoms with Crippen molar-refractivity contribution in [1.29, 1.82) is 0 Å². The van der Waals surface area contributed by atoms with Crippen molar-refractivity contribution in [2.75, 3.05) is 43.9 Å². The molecule has 0 fully saturated rings. The summed E-state index contributed by atoms with van der Waals surface area (Å²) in [4.78, 5) is 21.8. The number of aromatic nitrogens is 1. The van der Waals surface area contributed by atoms with Crippen LogP contribution in [-0.2, 0) is 14.6 Å². The summed E-state index contributed by atoms with van der Waals surface area (Å²) >= 11 is 1.39. The van der Waals surface area contributed by atoms with Crippen molar-refractivity contribution in [2.45, 2.75) is 32.1 Å². The molecule has 0 unspecified atom stereocenters. The molecule has 3 aromatic rings. The molecule has 34 heavy (non-hydrogen) atoms. The molecule has 10 heteroatoms. The van der Waals surface area contributed by atoms with Crippen LogP contribution in [0.5, 0.6) is 5.75 Å². The van der Waals surface area contributed by atoms with Gasteiger partial charge in [0.2, 0.25) is 5.91 Å².